The van der Waals surface area contributed by atoms with E-state index in [0.29, 0.717) is 0 Å². The molecule has 0 unspecified atom stereocenters. The summed E-state index contributed by atoms with van der Waals surface area (Å²) in [7, 11) is 0. The fourth-order valence-corrected chi connectivity index (χ4v) is 1.41. The van der Waals surface area contributed by atoms with E-state index in [1.54, 1.807) is 0 Å². The van der Waals surface area contributed by atoms with E-state index in [4.69, 9.17) is 29.3 Å². The van der Waals surface area contributed by atoms with Gasteiger partial charge in [0.2, 0.25) is 11.8 Å². The number of hydrogen-bond acceptors (Lipinski definition) is 7. The number of carbonyl (C=O) groups is 4. The molecule has 0 aromatic rings. The summed E-state index contributed by atoms with van der Waals surface area (Å²) in [6.07, 6.45) is -0.235. The monoisotopic (exact) mass is 389 g/mol. The third-order valence-corrected chi connectivity index (χ3v) is 2.61. The van der Waals surface area contributed by atoms with Crippen LogP contribution in [0.5, 0.6) is 0 Å². The van der Waals surface area contributed by atoms with E-state index in [2.05, 4.69) is 23.3 Å². The summed E-state index contributed by atoms with van der Waals surface area (Å²) in [5.74, 6) is -3.70. The van der Waals surface area contributed by atoms with Crippen LogP contribution < -0.4 is 16.4 Å². The number of rotatable bonds is 9. The fourth-order valence-electron chi connectivity index (χ4n) is 1.16. The number of amides is 2. The fraction of sp³-hybridized carbons (Fsp3) is 0.600. The summed E-state index contributed by atoms with van der Waals surface area (Å²) >= 11 is 1.26. The maximum Gasteiger partial charge on any atom is 0.322 e. The maximum absolute atomic E-state index is 11.5. The first-order chi connectivity index (χ1) is 11.0. The summed E-state index contributed by atoms with van der Waals surface area (Å²) in [5, 5.41) is 21.4. The van der Waals surface area contributed by atoms with Crippen molar-refractivity contribution in [2.75, 3.05) is 12.3 Å². The van der Waals surface area contributed by atoms with Crippen molar-refractivity contribution < 1.29 is 42.7 Å². The maximum atomic E-state index is 11.5. The van der Waals surface area contributed by atoms with Gasteiger partial charge < -0.3 is 26.6 Å². The third-order valence-electron chi connectivity index (χ3n) is 2.25. The number of carboxylic acid groups (broad SMARTS) is 2. The zero-order valence-electron chi connectivity index (χ0n) is 12.2. The Hall–Kier alpha value is -1.74. The molecule has 8 N–H and O–H groups in total. The molecule has 0 spiro atoms. The molecule has 2 atom stereocenters. The van der Waals surface area contributed by atoms with Crippen molar-refractivity contribution in [3.8, 4) is 0 Å². The van der Waals surface area contributed by atoms with Gasteiger partial charge in [-0.3, -0.25) is 28.3 Å². The molecule has 2 amide bonds. The van der Waals surface area contributed by atoms with Crippen LogP contribution in [-0.4, -0.2) is 71.7 Å². The minimum Gasteiger partial charge on any atom is -0.480 e. The van der Waals surface area contributed by atoms with Gasteiger partial charge in [0.1, 0.15) is 18.6 Å². The van der Waals surface area contributed by atoms with Crippen LogP contribution in [0.4, 0.5) is 0 Å². The molecule has 14 heteroatoms. The van der Waals surface area contributed by atoms with Crippen molar-refractivity contribution in [2.24, 2.45) is 5.73 Å². The second-order valence-electron chi connectivity index (χ2n) is 4.13. The van der Waals surface area contributed by atoms with Crippen LogP contribution in [0, 0.1) is 0 Å². The molecule has 0 saturated carbocycles. The average Bonchev–Trinajstić information content (AvgIpc) is 2.46. The Morgan fingerprint density at radius 3 is 2.04 bits per heavy atom. The molecule has 24 heavy (non-hydrogen) atoms. The molecule has 0 radical (unpaired) electrons. The first-order valence-electron chi connectivity index (χ1n) is 6.19. The van der Waals surface area contributed by atoms with Crippen LogP contribution >= 0.6 is 12.6 Å². The van der Waals surface area contributed by atoms with E-state index >= 15 is 0 Å². The molecule has 0 fully saturated rings. The summed E-state index contributed by atoms with van der Waals surface area (Å²) < 4.78 is 22.8. The standard InChI is InChI=1S/C10H17N3O6S.H2O3S/c11-5(10(18)19)1-2-7(14)13-6(4-20)9(17)12-3-8(15)16;1-4(2)3/h5-6,20H,1-4,11H2,(H,12,17)(H,13,14)(H,15,16)(H,18,19);(H2,1,2,3)/t5-,6-;/m0./s1. The summed E-state index contributed by atoms with van der Waals surface area (Å²) in [6, 6.07) is -2.15. The molecule has 12 nitrogen and oxygen atoms in total. The zero-order valence-corrected chi connectivity index (χ0v) is 14.0. The van der Waals surface area contributed by atoms with Crippen LogP contribution in [0.25, 0.3) is 0 Å². The molecule has 0 aromatic carbocycles. The third kappa shape index (κ3) is 15.2. The number of carbonyl (C=O) groups excluding carboxylic acids is 2. The quantitative estimate of drug-likeness (QED) is 0.153. The summed E-state index contributed by atoms with van der Waals surface area (Å²) in [4.78, 5) is 43.7. The Morgan fingerprint density at radius 1 is 1.17 bits per heavy atom. The predicted molar refractivity (Wildman–Crippen MR) is 84.7 cm³/mol. The van der Waals surface area contributed by atoms with Crippen molar-refractivity contribution in [1.29, 1.82) is 0 Å². The summed E-state index contributed by atoms with van der Waals surface area (Å²) in [6.45, 7) is -0.567. The van der Waals surface area contributed by atoms with E-state index in [-0.39, 0.29) is 18.6 Å². The lowest BCUT2D eigenvalue weighted by Gasteiger charge is -2.16. The van der Waals surface area contributed by atoms with Gasteiger partial charge in [0.25, 0.3) is 11.4 Å². The van der Waals surface area contributed by atoms with Crippen molar-refractivity contribution >= 4 is 47.7 Å². The molecule has 0 aliphatic heterocycles. The molecule has 0 bridgehead atoms. The Morgan fingerprint density at radius 2 is 1.67 bits per heavy atom. The largest absolute Gasteiger partial charge is 0.480 e. The van der Waals surface area contributed by atoms with E-state index < -0.39 is 53.7 Å². The van der Waals surface area contributed by atoms with Gasteiger partial charge in [0, 0.05) is 12.2 Å². The van der Waals surface area contributed by atoms with Crippen LogP contribution in [0.3, 0.4) is 0 Å². The Kier molecular flexibility index (Phi) is 14.0. The van der Waals surface area contributed by atoms with Gasteiger partial charge in [-0.15, -0.1) is 0 Å². The lowest BCUT2D eigenvalue weighted by Crippen LogP contribution is -2.49. The van der Waals surface area contributed by atoms with Gasteiger partial charge >= 0.3 is 11.9 Å². The highest BCUT2D eigenvalue weighted by molar-refractivity contribution is 7.80. The molecule has 0 rings (SSSR count). The highest BCUT2D eigenvalue weighted by Gasteiger charge is 2.20. The van der Waals surface area contributed by atoms with Gasteiger partial charge in [-0.2, -0.15) is 16.8 Å². The molecular weight excluding hydrogens is 370 g/mol. The SMILES string of the molecule is N[C@@H](CCC(=O)N[C@@H](CS)C(=O)NCC(=O)O)C(=O)O.O=S(O)O. The van der Waals surface area contributed by atoms with Crippen LogP contribution in [-0.2, 0) is 30.5 Å². The van der Waals surface area contributed by atoms with Crippen LogP contribution in [0.1, 0.15) is 12.8 Å². The molecule has 0 aliphatic carbocycles. The predicted octanol–water partition coefficient (Wildman–Crippen LogP) is -2.52. The number of nitrogens with two attached hydrogens (primary N) is 1. The topological polar surface area (TPSA) is 216 Å². The first-order valence-corrected chi connectivity index (χ1v) is 7.88. The zero-order chi connectivity index (χ0) is 19.3. The number of carboxylic acids is 2. The minimum absolute atomic E-state index is 0.0256. The number of thiol groups is 1. The summed E-state index contributed by atoms with van der Waals surface area (Å²) in [5.41, 5.74) is 5.23. The van der Waals surface area contributed by atoms with Gasteiger partial charge in [-0.25, -0.2) is 0 Å². The van der Waals surface area contributed by atoms with Gasteiger partial charge in [0.15, 0.2) is 0 Å². The van der Waals surface area contributed by atoms with E-state index in [0.717, 1.165) is 0 Å². The van der Waals surface area contributed by atoms with E-state index in [1.165, 1.54) is 0 Å². The van der Waals surface area contributed by atoms with Crippen molar-refractivity contribution in [3.05, 3.63) is 0 Å². The smallest absolute Gasteiger partial charge is 0.322 e. The number of hydrogen-bond donors (Lipinski definition) is 8. The van der Waals surface area contributed by atoms with Crippen molar-refractivity contribution in [1.82, 2.24) is 10.6 Å². The Bertz CT molecular complexity index is 470. The second-order valence-corrected chi connectivity index (χ2v) is 4.95. The molecule has 140 valence electrons. The van der Waals surface area contributed by atoms with Gasteiger partial charge in [0.05, 0.1) is 0 Å². The molecule has 0 aromatic heterocycles. The number of aliphatic carboxylic acids is 2. The molecule has 0 heterocycles. The minimum atomic E-state index is -2.61. The van der Waals surface area contributed by atoms with Crippen molar-refractivity contribution in [2.45, 2.75) is 24.9 Å². The second kappa shape index (κ2) is 13.7. The van der Waals surface area contributed by atoms with E-state index in [9.17, 15) is 19.2 Å². The number of nitrogens with one attached hydrogen (secondary N) is 2. The van der Waals surface area contributed by atoms with Crippen LogP contribution in [0.15, 0.2) is 0 Å². The molecule has 0 saturated heterocycles. The normalized spacial score (nSPS) is 12.4. The van der Waals surface area contributed by atoms with Gasteiger partial charge in [-0.05, 0) is 6.42 Å². The van der Waals surface area contributed by atoms with E-state index in [1.807, 2.05) is 0 Å². The Balaban J connectivity index is 0. The average molecular weight is 389 g/mol. The Labute approximate surface area is 144 Å². The lowest BCUT2D eigenvalue weighted by atomic mass is 10.1. The molecule has 0 aliphatic rings. The first kappa shape index (κ1) is 24.5. The highest BCUT2D eigenvalue weighted by atomic mass is 32.2. The van der Waals surface area contributed by atoms with Crippen molar-refractivity contribution in [3.63, 3.8) is 0 Å². The van der Waals surface area contributed by atoms with Gasteiger partial charge in [-0.1, -0.05) is 0 Å². The van der Waals surface area contributed by atoms with Crippen LogP contribution in [0.2, 0.25) is 0 Å². The molecular formula is C10H19N3O9S2. The highest BCUT2D eigenvalue weighted by Crippen LogP contribution is 1.97. The lowest BCUT2D eigenvalue weighted by molar-refractivity contribution is -0.139.